The first-order valence-corrected chi connectivity index (χ1v) is 10.5. The van der Waals surface area contributed by atoms with E-state index >= 15 is 0 Å². The average molecular weight is 404 g/mol. The highest BCUT2D eigenvalue weighted by Gasteiger charge is 2.24. The minimum atomic E-state index is -3.79. The molecule has 0 aliphatic carbocycles. The number of hydrogen-bond donors (Lipinski definition) is 1. The molecule has 1 atom stereocenters. The molecule has 1 amide bonds. The van der Waals surface area contributed by atoms with Crippen LogP contribution in [0.1, 0.15) is 23.2 Å². The van der Waals surface area contributed by atoms with E-state index < -0.39 is 10.0 Å². The molecule has 7 nitrogen and oxygen atoms in total. The molecular formula is C20H24N2O5S. The van der Waals surface area contributed by atoms with Gasteiger partial charge in [-0.1, -0.05) is 12.1 Å². The number of benzene rings is 2. The quantitative estimate of drug-likeness (QED) is 0.766. The number of rotatable bonds is 7. The van der Waals surface area contributed by atoms with Crippen LogP contribution in [0.4, 0.5) is 5.69 Å². The van der Waals surface area contributed by atoms with Crippen molar-refractivity contribution in [2.24, 2.45) is 0 Å². The Morgan fingerprint density at radius 1 is 1.21 bits per heavy atom. The van der Waals surface area contributed by atoms with E-state index in [2.05, 4.69) is 5.32 Å². The number of anilines is 1. The maximum Gasteiger partial charge on any atom is 0.264 e. The molecule has 28 heavy (non-hydrogen) atoms. The van der Waals surface area contributed by atoms with Gasteiger partial charge in [0.25, 0.3) is 15.9 Å². The number of ether oxygens (including phenoxy) is 2. The van der Waals surface area contributed by atoms with Gasteiger partial charge in [-0.25, -0.2) is 8.42 Å². The minimum absolute atomic E-state index is 0.0538. The number of sulfonamides is 1. The summed E-state index contributed by atoms with van der Waals surface area (Å²) in [6.45, 7) is 1.18. The SMILES string of the molecule is COc1ccccc1N(C)S(=O)(=O)c1ccc(C(=O)NC[C@H]2CCCO2)cc1. The molecule has 1 fully saturated rings. The van der Waals surface area contributed by atoms with Crippen LogP contribution in [-0.4, -0.2) is 47.7 Å². The largest absolute Gasteiger partial charge is 0.495 e. The van der Waals surface area contributed by atoms with Gasteiger partial charge in [0.05, 0.1) is 23.8 Å². The van der Waals surface area contributed by atoms with Gasteiger partial charge in [-0.2, -0.15) is 0 Å². The summed E-state index contributed by atoms with van der Waals surface area (Å²) < 4.78 is 37.8. The highest BCUT2D eigenvalue weighted by Crippen LogP contribution is 2.30. The molecule has 8 heteroatoms. The van der Waals surface area contributed by atoms with E-state index in [1.807, 2.05) is 0 Å². The van der Waals surface area contributed by atoms with Crippen LogP contribution < -0.4 is 14.4 Å². The van der Waals surface area contributed by atoms with Gasteiger partial charge in [0.2, 0.25) is 0 Å². The highest BCUT2D eigenvalue weighted by atomic mass is 32.2. The van der Waals surface area contributed by atoms with E-state index in [0.29, 0.717) is 23.5 Å². The lowest BCUT2D eigenvalue weighted by molar-refractivity contribution is 0.0857. The third-order valence-electron chi connectivity index (χ3n) is 4.71. The average Bonchev–Trinajstić information content (AvgIpc) is 3.25. The van der Waals surface area contributed by atoms with Crippen LogP contribution in [0.3, 0.4) is 0 Å². The molecule has 0 saturated carbocycles. The second kappa shape index (κ2) is 8.62. The van der Waals surface area contributed by atoms with E-state index in [9.17, 15) is 13.2 Å². The maximum absolute atomic E-state index is 12.9. The van der Waals surface area contributed by atoms with Crippen LogP contribution in [0.25, 0.3) is 0 Å². The van der Waals surface area contributed by atoms with Crippen molar-refractivity contribution in [3.05, 3.63) is 54.1 Å². The second-order valence-electron chi connectivity index (χ2n) is 6.51. The molecule has 150 valence electrons. The van der Waals surface area contributed by atoms with Crippen molar-refractivity contribution in [2.45, 2.75) is 23.8 Å². The zero-order chi connectivity index (χ0) is 20.1. The summed E-state index contributed by atoms with van der Waals surface area (Å²) in [6.07, 6.45) is 2.00. The fourth-order valence-corrected chi connectivity index (χ4v) is 4.28. The van der Waals surface area contributed by atoms with Gasteiger partial charge < -0.3 is 14.8 Å². The monoisotopic (exact) mass is 404 g/mol. The third-order valence-corrected chi connectivity index (χ3v) is 6.50. The van der Waals surface area contributed by atoms with Gasteiger partial charge in [0.15, 0.2) is 0 Å². The number of amides is 1. The standard InChI is InChI=1S/C20H24N2O5S/c1-22(18-7-3-4-8-19(18)26-2)28(24,25)17-11-9-15(10-12-17)20(23)21-14-16-6-5-13-27-16/h3-4,7-12,16H,5-6,13-14H2,1-2H3,(H,21,23)/t16-/m1/s1. The smallest absolute Gasteiger partial charge is 0.264 e. The first-order valence-electron chi connectivity index (χ1n) is 9.05. The lowest BCUT2D eigenvalue weighted by Gasteiger charge is -2.21. The number of carbonyl (C=O) groups excluding carboxylic acids is 1. The van der Waals surface area contributed by atoms with E-state index in [1.165, 1.54) is 42.7 Å². The first-order chi connectivity index (χ1) is 13.4. The normalized spacial score (nSPS) is 16.6. The Labute approximate surface area is 165 Å². The summed E-state index contributed by atoms with van der Waals surface area (Å²) in [5, 5.41) is 2.82. The molecule has 0 bridgehead atoms. The van der Waals surface area contributed by atoms with Gasteiger partial charge in [0, 0.05) is 25.8 Å². The van der Waals surface area contributed by atoms with Crippen molar-refractivity contribution in [1.29, 1.82) is 0 Å². The molecule has 3 rings (SSSR count). The number of nitrogens with zero attached hydrogens (tertiary/aromatic N) is 1. The Morgan fingerprint density at radius 3 is 2.57 bits per heavy atom. The van der Waals surface area contributed by atoms with Gasteiger partial charge >= 0.3 is 0 Å². The number of para-hydroxylation sites is 2. The van der Waals surface area contributed by atoms with Crippen molar-refractivity contribution in [1.82, 2.24) is 5.32 Å². The molecule has 0 spiro atoms. The molecule has 0 radical (unpaired) electrons. The van der Waals surface area contributed by atoms with Gasteiger partial charge in [-0.05, 0) is 49.2 Å². The number of hydrogen-bond acceptors (Lipinski definition) is 5. The van der Waals surface area contributed by atoms with E-state index in [-0.39, 0.29) is 16.9 Å². The molecule has 1 N–H and O–H groups in total. The van der Waals surface area contributed by atoms with E-state index in [4.69, 9.17) is 9.47 Å². The van der Waals surface area contributed by atoms with Crippen LogP contribution in [0.15, 0.2) is 53.4 Å². The molecule has 1 heterocycles. The maximum atomic E-state index is 12.9. The number of methoxy groups -OCH3 is 1. The van der Waals surface area contributed by atoms with Crippen molar-refractivity contribution in [2.75, 3.05) is 31.6 Å². The molecular weight excluding hydrogens is 380 g/mol. The van der Waals surface area contributed by atoms with Gasteiger partial charge in [-0.3, -0.25) is 9.10 Å². The topological polar surface area (TPSA) is 84.9 Å². The van der Waals surface area contributed by atoms with Crippen molar-refractivity contribution >= 4 is 21.6 Å². The van der Waals surface area contributed by atoms with Crippen molar-refractivity contribution in [3.63, 3.8) is 0 Å². The van der Waals surface area contributed by atoms with Crippen LogP contribution in [0, 0.1) is 0 Å². The molecule has 1 aliphatic rings. The van der Waals surface area contributed by atoms with Gasteiger partial charge in [-0.15, -0.1) is 0 Å². The Bertz CT molecular complexity index is 922. The van der Waals surface area contributed by atoms with Crippen LogP contribution in [0.2, 0.25) is 0 Å². The van der Waals surface area contributed by atoms with Gasteiger partial charge in [0.1, 0.15) is 5.75 Å². The van der Waals surface area contributed by atoms with E-state index in [0.717, 1.165) is 19.4 Å². The molecule has 0 unspecified atom stereocenters. The predicted molar refractivity (Wildman–Crippen MR) is 106 cm³/mol. The second-order valence-corrected chi connectivity index (χ2v) is 8.48. The summed E-state index contributed by atoms with van der Waals surface area (Å²) in [5.74, 6) is 0.205. The van der Waals surface area contributed by atoms with Crippen molar-refractivity contribution in [3.8, 4) is 5.75 Å². The summed E-state index contributed by atoms with van der Waals surface area (Å²) in [5.41, 5.74) is 0.834. The molecule has 1 aliphatic heterocycles. The molecule has 2 aromatic rings. The zero-order valence-corrected chi connectivity index (χ0v) is 16.7. The Morgan fingerprint density at radius 2 is 1.93 bits per heavy atom. The number of nitrogens with one attached hydrogen (secondary N) is 1. The van der Waals surface area contributed by atoms with Crippen LogP contribution >= 0.6 is 0 Å². The minimum Gasteiger partial charge on any atom is -0.495 e. The Kier molecular flexibility index (Phi) is 6.21. The fourth-order valence-electron chi connectivity index (χ4n) is 3.07. The molecule has 0 aromatic heterocycles. The highest BCUT2D eigenvalue weighted by molar-refractivity contribution is 7.92. The summed E-state index contributed by atoms with van der Waals surface area (Å²) in [7, 11) is -0.834. The lowest BCUT2D eigenvalue weighted by atomic mass is 10.2. The van der Waals surface area contributed by atoms with Crippen LogP contribution in [0.5, 0.6) is 5.75 Å². The Balaban J connectivity index is 1.73. The van der Waals surface area contributed by atoms with Crippen LogP contribution in [-0.2, 0) is 14.8 Å². The van der Waals surface area contributed by atoms with E-state index in [1.54, 1.807) is 24.3 Å². The fraction of sp³-hybridized carbons (Fsp3) is 0.350. The zero-order valence-electron chi connectivity index (χ0n) is 15.9. The third kappa shape index (κ3) is 4.28. The summed E-state index contributed by atoms with van der Waals surface area (Å²) in [4.78, 5) is 12.4. The predicted octanol–water partition coefficient (Wildman–Crippen LogP) is 2.43. The summed E-state index contributed by atoms with van der Waals surface area (Å²) in [6, 6.07) is 12.8. The van der Waals surface area contributed by atoms with Crippen molar-refractivity contribution < 1.29 is 22.7 Å². The molecule has 1 saturated heterocycles. The first kappa shape index (κ1) is 20.2. The Hall–Kier alpha value is -2.58. The molecule has 2 aromatic carbocycles. The lowest BCUT2D eigenvalue weighted by Crippen LogP contribution is -2.31. The summed E-state index contributed by atoms with van der Waals surface area (Å²) >= 11 is 0. The number of carbonyl (C=O) groups is 1.